The molecule has 3 rings (SSSR count). The van der Waals surface area contributed by atoms with Crippen molar-refractivity contribution in [3.05, 3.63) is 71.8 Å². The fraction of sp³-hybridized carbons (Fsp3) is 0.480. The maximum absolute atomic E-state index is 13.5. The zero-order valence-corrected chi connectivity index (χ0v) is 25.3. The lowest BCUT2D eigenvalue weighted by atomic mass is 9.99. The zero-order valence-electron chi connectivity index (χ0n) is 21.4. The predicted octanol–water partition coefficient (Wildman–Crippen LogP) is 6.23. The SMILES string of the molecule is CCS[C@@H]1O[C@H](COC(=N)C(Cl)(Cl)Cl)[C@@H](OS(=O)(=O)C(F)(F)F)[C@H](OCc2ccccc2)[C@H]1OCc1ccccc1. The van der Waals surface area contributed by atoms with E-state index in [9.17, 15) is 21.6 Å². The van der Waals surface area contributed by atoms with Gasteiger partial charge in [-0.1, -0.05) is 102 Å². The van der Waals surface area contributed by atoms with Gasteiger partial charge in [0.05, 0.1) is 13.2 Å². The summed E-state index contributed by atoms with van der Waals surface area (Å²) in [5.74, 6) is -0.363. The molecule has 228 valence electrons. The Labute approximate surface area is 255 Å². The maximum Gasteiger partial charge on any atom is 0.523 e. The Morgan fingerprint density at radius 2 is 1.44 bits per heavy atom. The largest absolute Gasteiger partial charge is 0.523 e. The second kappa shape index (κ2) is 14.9. The van der Waals surface area contributed by atoms with Crippen LogP contribution in [0.25, 0.3) is 0 Å². The highest BCUT2D eigenvalue weighted by Crippen LogP contribution is 2.38. The van der Waals surface area contributed by atoms with E-state index in [-0.39, 0.29) is 13.2 Å². The Morgan fingerprint density at radius 3 is 1.90 bits per heavy atom. The molecule has 1 heterocycles. The summed E-state index contributed by atoms with van der Waals surface area (Å²) >= 11 is 18.2. The maximum atomic E-state index is 13.5. The van der Waals surface area contributed by atoms with Crippen molar-refractivity contribution in [2.24, 2.45) is 0 Å². The molecule has 1 fully saturated rings. The van der Waals surface area contributed by atoms with Crippen LogP contribution in [-0.4, -0.2) is 65.8 Å². The van der Waals surface area contributed by atoms with Crippen LogP contribution in [0.2, 0.25) is 0 Å². The summed E-state index contributed by atoms with van der Waals surface area (Å²) in [5.41, 5.74) is -5.21. The fourth-order valence-corrected chi connectivity index (χ4v) is 5.55. The number of hydrogen-bond acceptors (Lipinski definition) is 9. The first-order valence-corrected chi connectivity index (χ1v) is 15.7. The van der Waals surface area contributed by atoms with Gasteiger partial charge in [0, 0.05) is 0 Å². The lowest BCUT2D eigenvalue weighted by molar-refractivity contribution is -0.231. The van der Waals surface area contributed by atoms with Crippen molar-refractivity contribution in [3.63, 3.8) is 0 Å². The number of nitrogens with one attached hydrogen (secondary N) is 1. The third-order valence-electron chi connectivity index (χ3n) is 5.66. The monoisotopic (exact) mass is 679 g/mol. The van der Waals surface area contributed by atoms with Gasteiger partial charge in [0.2, 0.25) is 5.90 Å². The van der Waals surface area contributed by atoms with E-state index >= 15 is 0 Å². The third-order valence-corrected chi connectivity index (χ3v) is 8.26. The molecule has 0 aromatic heterocycles. The summed E-state index contributed by atoms with van der Waals surface area (Å²) in [4.78, 5) is 0. The smallest absolute Gasteiger partial charge is 0.475 e. The molecular weight excluding hydrogens is 654 g/mol. The molecule has 0 spiro atoms. The number of hydrogen-bond donors (Lipinski definition) is 1. The summed E-state index contributed by atoms with van der Waals surface area (Å²) in [5, 5.41) is 7.81. The Bertz CT molecular complexity index is 1220. The minimum absolute atomic E-state index is 0.0126. The summed E-state index contributed by atoms with van der Waals surface area (Å²) in [6, 6.07) is 17.6. The summed E-state index contributed by atoms with van der Waals surface area (Å²) in [7, 11) is -6.14. The van der Waals surface area contributed by atoms with Gasteiger partial charge in [-0.25, -0.2) is 0 Å². The molecule has 5 atom stereocenters. The minimum atomic E-state index is -6.14. The summed E-state index contributed by atoms with van der Waals surface area (Å²) in [6.07, 6.45) is -5.95. The minimum Gasteiger partial charge on any atom is -0.475 e. The van der Waals surface area contributed by atoms with Crippen LogP contribution in [0.4, 0.5) is 13.2 Å². The zero-order chi connectivity index (χ0) is 30.3. The van der Waals surface area contributed by atoms with Crippen LogP contribution in [0.5, 0.6) is 0 Å². The van der Waals surface area contributed by atoms with Gasteiger partial charge in [-0.05, 0) is 16.9 Å². The standard InChI is InChI=1S/C25H27Cl3F3NO7S2/c1-2-40-22-21(36-14-17-11-7-4-8-12-17)20(35-13-16-9-5-3-6-10-16)19(39-41(33,34)25(29,30)31)18(38-22)15-37-23(32)24(26,27)28/h3-12,18-22,32H,2,13-15H2,1H3/t18-,19-,20+,21-,22+/m1/s1. The van der Waals surface area contributed by atoms with E-state index in [1.807, 2.05) is 6.92 Å². The molecule has 2 aromatic carbocycles. The average molecular weight is 681 g/mol. The van der Waals surface area contributed by atoms with E-state index in [0.29, 0.717) is 11.3 Å². The van der Waals surface area contributed by atoms with Crippen molar-refractivity contribution >= 4 is 62.6 Å². The Morgan fingerprint density at radius 1 is 0.927 bits per heavy atom. The van der Waals surface area contributed by atoms with E-state index in [1.54, 1.807) is 60.7 Å². The molecule has 0 unspecified atom stereocenters. The van der Waals surface area contributed by atoms with Gasteiger partial charge < -0.3 is 18.9 Å². The van der Waals surface area contributed by atoms with Crippen LogP contribution in [-0.2, 0) is 46.5 Å². The lowest BCUT2D eigenvalue weighted by Crippen LogP contribution is -2.61. The highest BCUT2D eigenvalue weighted by molar-refractivity contribution is 7.99. The number of rotatable bonds is 12. The molecule has 0 saturated carbocycles. The number of benzene rings is 2. The Hall–Kier alpha value is -1.29. The van der Waals surface area contributed by atoms with E-state index < -0.39 is 61.8 Å². The van der Waals surface area contributed by atoms with E-state index in [0.717, 1.165) is 5.56 Å². The number of alkyl halides is 6. The highest BCUT2D eigenvalue weighted by atomic mass is 35.6. The first-order valence-electron chi connectivity index (χ1n) is 12.1. The molecule has 1 aliphatic rings. The van der Waals surface area contributed by atoms with Crippen LogP contribution >= 0.6 is 46.6 Å². The second-order valence-corrected chi connectivity index (χ2v) is 13.8. The summed E-state index contributed by atoms with van der Waals surface area (Å²) < 4.78 is 90.7. The lowest BCUT2D eigenvalue weighted by Gasteiger charge is -2.45. The quantitative estimate of drug-likeness (QED) is 0.0925. The number of halogens is 6. The van der Waals surface area contributed by atoms with E-state index in [2.05, 4.69) is 0 Å². The van der Waals surface area contributed by atoms with Crippen molar-refractivity contribution in [2.45, 2.75) is 59.3 Å². The fourth-order valence-electron chi connectivity index (χ4n) is 3.77. The first kappa shape index (κ1) is 34.2. The van der Waals surface area contributed by atoms with Crippen LogP contribution in [0.15, 0.2) is 60.7 Å². The van der Waals surface area contributed by atoms with Crippen molar-refractivity contribution in [2.75, 3.05) is 12.4 Å². The molecule has 8 nitrogen and oxygen atoms in total. The van der Waals surface area contributed by atoms with Gasteiger partial charge in [-0.2, -0.15) is 21.6 Å². The molecule has 0 aliphatic carbocycles. The molecule has 1 saturated heterocycles. The predicted molar refractivity (Wildman–Crippen MR) is 151 cm³/mol. The van der Waals surface area contributed by atoms with Crippen molar-refractivity contribution in [1.29, 1.82) is 5.41 Å². The first-order chi connectivity index (χ1) is 19.2. The van der Waals surface area contributed by atoms with Crippen LogP contribution in [0.3, 0.4) is 0 Å². The second-order valence-electron chi connectivity index (χ2n) is 8.62. The van der Waals surface area contributed by atoms with Crippen LogP contribution < -0.4 is 0 Å². The van der Waals surface area contributed by atoms with Gasteiger partial charge in [0.15, 0.2) is 0 Å². The number of thioether (sulfide) groups is 1. The Kier molecular flexibility index (Phi) is 12.5. The normalized spacial score (nSPS) is 23.7. The molecule has 1 aliphatic heterocycles. The molecule has 0 amide bonds. The summed E-state index contributed by atoms with van der Waals surface area (Å²) in [6.45, 7) is 1.02. The Balaban J connectivity index is 2.01. The van der Waals surface area contributed by atoms with Crippen molar-refractivity contribution < 1.29 is 44.7 Å². The molecular formula is C25H27Cl3F3NO7S2. The molecule has 0 radical (unpaired) electrons. The van der Waals surface area contributed by atoms with Gasteiger partial charge in [0.1, 0.15) is 36.5 Å². The van der Waals surface area contributed by atoms with Crippen molar-refractivity contribution in [1.82, 2.24) is 0 Å². The third kappa shape index (κ3) is 9.87. The van der Waals surface area contributed by atoms with Gasteiger partial charge in [-0.15, -0.1) is 11.8 Å². The van der Waals surface area contributed by atoms with Crippen LogP contribution in [0, 0.1) is 5.41 Å². The molecule has 1 N–H and O–H groups in total. The molecule has 41 heavy (non-hydrogen) atoms. The van der Waals surface area contributed by atoms with Crippen molar-refractivity contribution in [3.8, 4) is 0 Å². The van der Waals surface area contributed by atoms with Gasteiger partial charge in [0.25, 0.3) is 3.79 Å². The van der Waals surface area contributed by atoms with E-state index in [4.69, 9.17) is 63.3 Å². The number of ether oxygens (including phenoxy) is 4. The average Bonchev–Trinajstić information content (AvgIpc) is 2.91. The molecule has 16 heteroatoms. The highest BCUT2D eigenvalue weighted by Gasteiger charge is 2.55. The molecule has 0 bridgehead atoms. The van der Waals surface area contributed by atoms with Gasteiger partial charge >= 0.3 is 15.6 Å². The van der Waals surface area contributed by atoms with Crippen LogP contribution in [0.1, 0.15) is 18.1 Å². The van der Waals surface area contributed by atoms with Gasteiger partial charge in [-0.3, -0.25) is 9.59 Å². The van der Waals surface area contributed by atoms with E-state index in [1.165, 1.54) is 11.8 Å². The molecule has 2 aromatic rings. The topological polar surface area (TPSA) is 104 Å².